The highest BCUT2D eigenvalue weighted by atomic mass is 16.7. The second kappa shape index (κ2) is 9.53. The Labute approximate surface area is 180 Å². The number of hydrogen-bond acceptors (Lipinski definition) is 6. The van der Waals surface area contributed by atoms with Gasteiger partial charge in [0.1, 0.15) is 19.3 Å². The van der Waals surface area contributed by atoms with Gasteiger partial charge in [-0.1, -0.05) is 13.0 Å². The maximum absolute atomic E-state index is 6.21. The van der Waals surface area contributed by atoms with Crippen molar-refractivity contribution in [1.82, 2.24) is 0 Å². The first-order valence-corrected chi connectivity index (χ1v) is 11.1. The molecule has 0 unspecified atom stereocenters. The molecule has 4 rings (SSSR count). The average molecular weight is 421 g/mol. The highest BCUT2D eigenvalue weighted by Gasteiger charge is 2.59. The second-order valence-electron chi connectivity index (χ2n) is 9.21. The molecule has 0 radical (unpaired) electrons. The van der Waals surface area contributed by atoms with E-state index in [1.807, 2.05) is 0 Å². The first kappa shape index (κ1) is 22.0. The molecule has 1 aromatic carbocycles. The van der Waals surface area contributed by atoms with Crippen LogP contribution in [0.5, 0.6) is 5.75 Å². The Morgan fingerprint density at radius 2 is 1.73 bits per heavy atom. The summed E-state index contributed by atoms with van der Waals surface area (Å²) < 4.78 is 33.5. The second-order valence-corrected chi connectivity index (χ2v) is 9.21. The zero-order valence-corrected chi connectivity index (χ0v) is 18.7. The van der Waals surface area contributed by atoms with Crippen LogP contribution in [-0.2, 0) is 30.1 Å². The summed E-state index contributed by atoms with van der Waals surface area (Å²) in [7, 11) is 5.00. The molecule has 6 atom stereocenters. The minimum absolute atomic E-state index is 0.0461. The third-order valence-corrected chi connectivity index (χ3v) is 7.72. The van der Waals surface area contributed by atoms with Crippen molar-refractivity contribution in [3.8, 4) is 5.75 Å². The number of fused-ring (bicyclic) bond motifs is 5. The molecule has 0 saturated heterocycles. The summed E-state index contributed by atoms with van der Waals surface area (Å²) in [4.78, 5) is 0. The molecule has 30 heavy (non-hydrogen) atoms. The van der Waals surface area contributed by atoms with Gasteiger partial charge in [-0.05, 0) is 78.5 Å². The smallest absolute Gasteiger partial charge is 0.188 e. The van der Waals surface area contributed by atoms with E-state index in [0.717, 1.165) is 25.0 Å². The van der Waals surface area contributed by atoms with E-state index in [1.54, 1.807) is 21.3 Å². The van der Waals surface area contributed by atoms with Gasteiger partial charge in [0.2, 0.25) is 0 Å². The summed E-state index contributed by atoms with van der Waals surface area (Å²) in [5.74, 6) is 2.74. The summed E-state index contributed by atoms with van der Waals surface area (Å²) in [5.41, 5.74) is 3.05. The van der Waals surface area contributed by atoms with Crippen molar-refractivity contribution in [3.05, 3.63) is 29.3 Å². The lowest BCUT2D eigenvalue weighted by Crippen LogP contribution is -2.46. The molecule has 3 aliphatic rings. The fourth-order valence-corrected chi connectivity index (χ4v) is 6.47. The molecule has 0 amide bonds. The van der Waals surface area contributed by atoms with Gasteiger partial charge >= 0.3 is 0 Å². The topological polar surface area (TPSA) is 55.4 Å². The molecule has 3 aliphatic carbocycles. The maximum Gasteiger partial charge on any atom is 0.188 e. The molecule has 1 aromatic rings. The van der Waals surface area contributed by atoms with E-state index in [2.05, 4.69) is 25.1 Å². The molecule has 0 bridgehead atoms. The number of benzene rings is 1. The number of rotatable bonds is 9. The number of methoxy groups -OCH3 is 3. The fraction of sp³-hybridized carbons (Fsp3) is 0.750. The molecule has 2 saturated carbocycles. The lowest BCUT2D eigenvalue weighted by Gasteiger charge is -2.50. The van der Waals surface area contributed by atoms with Crippen LogP contribution < -0.4 is 4.74 Å². The van der Waals surface area contributed by atoms with Crippen molar-refractivity contribution in [2.24, 2.45) is 17.3 Å². The van der Waals surface area contributed by atoms with Crippen LogP contribution in [0.25, 0.3) is 0 Å². The molecule has 0 spiro atoms. The molecule has 0 heterocycles. The van der Waals surface area contributed by atoms with Gasteiger partial charge in [-0.3, -0.25) is 0 Å². The van der Waals surface area contributed by atoms with Gasteiger partial charge < -0.3 is 28.4 Å². The van der Waals surface area contributed by atoms with Gasteiger partial charge in [0.25, 0.3) is 0 Å². The number of hydrogen-bond donors (Lipinski definition) is 0. The van der Waals surface area contributed by atoms with E-state index in [-0.39, 0.29) is 24.4 Å². The van der Waals surface area contributed by atoms with Crippen molar-refractivity contribution in [3.63, 3.8) is 0 Å². The molecular weight excluding hydrogens is 384 g/mol. The van der Waals surface area contributed by atoms with Crippen LogP contribution in [0.3, 0.4) is 0 Å². The highest BCUT2D eigenvalue weighted by molar-refractivity contribution is 5.40. The van der Waals surface area contributed by atoms with Crippen LogP contribution in [-0.4, -0.2) is 53.9 Å². The minimum Gasteiger partial charge on any atom is -0.468 e. The fourth-order valence-electron chi connectivity index (χ4n) is 6.47. The Hall–Kier alpha value is -1.18. The molecular formula is C24H36O6. The Morgan fingerprint density at radius 1 is 0.967 bits per heavy atom. The van der Waals surface area contributed by atoms with Gasteiger partial charge in [0.05, 0.1) is 12.2 Å². The third-order valence-electron chi connectivity index (χ3n) is 7.72. The third kappa shape index (κ3) is 4.00. The van der Waals surface area contributed by atoms with Gasteiger partial charge in [0.15, 0.2) is 6.79 Å². The standard InChI is InChI=1S/C24H36O6/c1-24-10-9-19-18-8-6-17(28-13-25-2)11-16(18)5-7-20(19)21(24)12-22(29-14-26-3)23(24)30-15-27-4/h6,8,11,19-23H,5,7,9-10,12-15H2,1-4H3/t19-,20-,21+,22+,23+,24+/m1/s1. The summed E-state index contributed by atoms with van der Waals surface area (Å²) >= 11 is 0. The lowest BCUT2D eigenvalue weighted by atomic mass is 9.55. The Morgan fingerprint density at radius 3 is 2.50 bits per heavy atom. The van der Waals surface area contributed by atoms with Crippen LogP contribution in [0.4, 0.5) is 0 Å². The van der Waals surface area contributed by atoms with Crippen LogP contribution in [0.1, 0.15) is 49.7 Å². The Kier molecular flexibility index (Phi) is 7.00. The van der Waals surface area contributed by atoms with E-state index in [9.17, 15) is 0 Å². The summed E-state index contributed by atoms with van der Waals surface area (Å²) in [6.45, 7) is 3.31. The van der Waals surface area contributed by atoms with Crippen molar-refractivity contribution in [1.29, 1.82) is 0 Å². The average Bonchev–Trinajstić information content (AvgIpc) is 3.05. The van der Waals surface area contributed by atoms with Crippen LogP contribution in [0.2, 0.25) is 0 Å². The number of ether oxygens (including phenoxy) is 6. The highest BCUT2D eigenvalue weighted by Crippen LogP contribution is 2.62. The van der Waals surface area contributed by atoms with Crippen molar-refractivity contribution in [2.75, 3.05) is 41.7 Å². The van der Waals surface area contributed by atoms with E-state index in [1.165, 1.54) is 24.0 Å². The number of aryl methyl sites for hydroxylation is 1. The van der Waals surface area contributed by atoms with E-state index in [4.69, 9.17) is 28.4 Å². The predicted molar refractivity (Wildman–Crippen MR) is 112 cm³/mol. The molecule has 6 heteroatoms. The monoisotopic (exact) mass is 420 g/mol. The van der Waals surface area contributed by atoms with E-state index < -0.39 is 0 Å². The first-order chi connectivity index (χ1) is 14.6. The zero-order chi connectivity index (χ0) is 21.1. The summed E-state index contributed by atoms with van der Waals surface area (Å²) in [5, 5.41) is 0. The van der Waals surface area contributed by atoms with Crippen molar-refractivity contribution in [2.45, 2.75) is 57.2 Å². The van der Waals surface area contributed by atoms with Crippen LogP contribution in [0, 0.1) is 17.3 Å². The SMILES string of the molecule is COCOc1ccc2c(c1)CC[C@@H]1[C@@H]2CC[C@@]2(C)[C@H]1C[C@H](OCOC)[C@@H]2OCOC. The van der Waals surface area contributed by atoms with Crippen molar-refractivity contribution >= 4 is 0 Å². The summed E-state index contributed by atoms with van der Waals surface area (Å²) in [6, 6.07) is 6.59. The quantitative estimate of drug-likeness (QED) is 0.561. The molecule has 168 valence electrons. The van der Waals surface area contributed by atoms with Crippen LogP contribution in [0.15, 0.2) is 18.2 Å². The van der Waals surface area contributed by atoms with E-state index >= 15 is 0 Å². The molecule has 6 nitrogen and oxygen atoms in total. The molecule has 0 aromatic heterocycles. The Balaban J connectivity index is 1.55. The van der Waals surface area contributed by atoms with Crippen molar-refractivity contribution < 1.29 is 28.4 Å². The lowest BCUT2D eigenvalue weighted by molar-refractivity contribution is -0.175. The zero-order valence-electron chi connectivity index (χ0n) is 18.7. The molecule has 2 fully saturated rings. The van der Waals surface area contributed by atoms with Gasteiger partial charge in [0, 0.05) is 21.3 Å². The minimum atomic E-state index is 0.0461. The van der Waals surface area contributed by atoms with Gasteiger partial charge in [-0.25, -0.2) is 0 Å². The predicted octanol–water partition coefficient (Wildman–Crippen LogP) is 4.11. The van der Waals surface area contributed by atoms with Crippen LogP contribution >= 0.6 is 0 Å². The van der Waals surface area contributed by atoms with Gasteiger partial charge in [-0.15, -0.1) is 0 Å². The normalized spacial score (nSPS) is 34.9. The summed E-state index contributed by atoms with van der Waals surface area (Å²) in [6.07, 6.45) is 5.76. The molecule has 0 N–H and O–H groups in total. The first-order valence-electron chi connectivity index (χ1n) is 11.1. The maximum atomic E-state index is 6.21. The van der Waals surface area contributed by atoms with E-state index in [0.29, 0.717) is 31.3 Å². The Bertz CT molecular complexity index is 709. The largest absolute Gasteiger partial charge is 0.468 e. The van der Waals surface area contributed by atoms with Gasteiger partial charge in [-0.2, -0.15) is 0 Å². The molecule has 0 aliphatic heterocycles.